The maximum Gasteiger partial charge on any atom is 0.151 e. The van der Waals surface area contributed by atoms with Crippen LogP contribution in [0.1, 0.15) is 13.3 Å². The third kappa shape index (κ3) is 1.75. The zero-order chi connectivity index (χ0) is 10.1. The van der Waals surface area contributed by atoms with Crippen LogP contribution < -0.4 is 0 Å². The molecular formula is C9H13NO2S. The lowest BCUT2D eigenvalue weighted by Crippen LogP contribution is -2.27. The molecule has 4 heteroatoms. The standard InChI is InChI=1S/C9H13NO2S/c1-3-8(2)9(6-10)4-5-13(11,12)7-9/h3,8H,1,4-5,7H2,2H3. The lowest BCUT2D eigenvalue weighted by atomic mass is 9.77. The number of nitriles is 1. The second-order valence-electron chi connectivity index (χ2n) is 3.63. The van der Waals surface area contributed by atoms with Crippen LogP contribution in [0.3, 0.4) is 0 Å². The van der Waals surface area contributed by atoms with Gasteiger partial charge in [-0.2, -0.15) is 5.26 Å². The van der Waals surface area contributed by atoms with Crippen molar-refractivity contribution in [2.24, 2.45) is 11.3 Å². The fraction of sp³-hybridized carbons (Fsp3) is 0.667. The van der Waals surface area contributed by atoms with Crippen molar-refractivity contribution in [3.05, 3.63) is 12.7 Å². The van der Waals surface area contributed by atoms with E-state index in [-0.39, 0.29) is 17.4 Å². The van der Waals surface area contributed by atoms with Gasteiger partial charge in [0, 0.05) is 0 Å². The fourth-order valence-electron chi connectivity index (χ4n) is 1.65. The molecule has 0 aromatic carbocycles. The first-order chi connectivity index (χ1) is 5.96. The van der Waals surface area contributed by atoms with Crippen molar-refractivity contribution in [1.29, 1.82) is 5.26 Å². The van der Waals surface area contributed by atoms with Crippen LogP contribution in [0, 0.1) is 22.7 Å². The SMILES string of the molecule is C=CC(C)C1(C#N)CCS(=O)(=O)C1. The Hall–Kier alpha value is -0.820. The average Bonchev–Trinajstić information content (AvgIpc) is 2.41. The molecule has 13 heavy (non-hydrogen) atoms. The quantitative estimate of drug-likeness (QED) is 0.626. The summed E-state index contributed by atoms with van der Waals surface area (Å²) < 4.78 is 22.5. The average molecular weight is 199 g/mol. The minimum atomic E-state index is -2.99. The van der Waals surface area contributed by atoms with E-state index in [4.69, 9.17) is 5.26 Å². The molecule has 0 aromatic rings. The Labute approximate surface area is 79.0 Å². The van der Waals surface area contributed by atoms with E-state index in [1.165, 1.54) is 0 Å². The van der Waals surface area contributed by atoms with E-state index in [0.717, 1.165) is 0 Å². The minimum Gasteiger partial charge on any atom is -0.229 e. The Balaban J connectivity index is 3.01. The highest BCUT2D eigenvalue weighted by Gasteiger charge is 2.45. The summed E-state index contributed by atoms with van der Waals surface area (Å²) in [5.41, 5.74) is -0.722. The van der Waals surface area contributed by atoms with E-state index in [0.29, 0.717) is 6.42 Å². The number of rotatable bonds is 2. The molecule has 0 radical (unpaired) electrons. The van der Waals surface area contributed by atoms with Crippen LogP contribution in [0.15, 0.2) is 12.7 Å². The normalized spacial score (nSPS) is 33.5. The summed E-state index contributed by atoms with van der Waals surface area (Å²) in [5.74, 6) is 0.0670. The van der Waals surface area contributed by atoms with Gasteiger partial charge in [-0.05, 0) is 12.3 Å². The van der Waals surface area contributed by atoms with Gasteiger partial charge in [0.2, 0.25) is 0 Å². The molecule has 1 rings (SSSR count). The van der Waals surface area contributed by atoms with Crippen molar-refractivity contribution < 1.29 is 8.42 Å². The first-order valence-corrected chi connectivity index (χ1v) is 6.02. The van der Waals surface area contributed by atoms with Gasteiger partial charge in [0.25, 0.3) is 0 Å². The molecule has 0 N–H and O–H groups in total. The second kappa shape index (κ2) is 3.15. The van der Waals surface area contributed by atoms with E-state index in [2.05, 4.69) is 12.6 Å². The van der Waals surface area contributed by atoms with Crippen LogP contribution in [-0.4, -0.2) is 19.9 Å². The van der Waals surface area contributed by atoms with Crippen molar-refractivity contribution in [3.63, 3.8) is 0 Å². The van der Waals surface area contributed by atoms with Crippen LogP contribution in [0.5, 0.6) is 0 Å². The van der Waals surface area contributed by atoms with Gasteiger partial charge in [-0.25, -0.2) is 8.42 Å². The Morgan fingerprint density at radius 1 is 1.69 bits per heavy atom. The zero-order valence-corrected chi connectivity index (χ0v) is 8.47. The zero-order valence-electron chi connectivity index (χ0n) is 7.66. The molecule has 0 aromatic heterocycles. The van der Waals surface area contributed by atoms with Gasteiger partial charge in [0.1, 0.15) is 0 Å². The van der Waals surface area contributed by atoms with Gasteiger partial charge in [-0.1, -0.05) is 13.0 Å². The molecule has 0 spiro atoms. The van der Waals surface area contributed by atoms with Crippen LogP contribution in [0.2, 0.25) is 0 Å². The third-order valence-electron chi connectivity index (χ3n) is 2.78. The third-order valence-corrected chi connectivity index (χ3v) is 4.57. The summed E-state index contributed by atoms with van der Waals surface area (Å²) in [6.07, 6.45) is 2.10. The lowest BCUT2D eigenvalue weighted by molar-refractivity contribution is 0.352. The van der Waals surface area contributed by atoms with Crippen molar-refractivity contribution in [1.82, 2.24) is 0 Å². The van der Waals surface area contributed by atoms with E-state index in [1.54, 1.807) is 6.08 Å². The van der Waals surface area contributed by atoms with E-state index < -0.39 is 15.3 Å². The van der Waals surface area contributed by atoms with E-state index in [1.807, 2.05) is 6.92 Å². The largest absolute Gasteiger partial charge is 0.229 e. The Morgan fingerprint density at radius 2 is 2.31 bits per heavy atom. The molecule has 72 valence electrons. The molecule has 1 saturated heterocycles. The predicted octanol–water partition coefficient (Wildman–Crippen LogP) is 1.14. The summed E-state index contributed by atoms with van der Waals surface area (Å²) in [4.78, 5) is 0. The van der Waals surface area contributed by atoms with Crippen LogP contribution in [-0.2, 0) is 9.84 Å². The molecule has 1 fully saturated rings. The number of hydrogen-bond acceptors (Lipinski definition) is 3. The topological polar surface area (TPSA) is 57.9 Å². The van der Waals surface area contributed by atoms with Crippen molar-refractivity contribution >= 4 is 9.84 Å². The Morgan fingerprint density at radius 3 is 2.62 bits per heavy atom. The smallest absolute Gasteiger partial charge is 0.151 e. The first kappa shape index (κ1) is 10.3. The van der Waals surface area contributed by atoms with Crippen LogP contribution >= 0.6 is 0 Å². The summed E-state index contributed by atoms with van der Waals surface area (Å²) >= 11 is 0. The summed E-state index contributed by atoms with van der Waals surface area (Å²) in [6, 6.07) is 2.13. The van der Waals surface area contributed by atoms with Crippen LogP contribution in [0.4, 0.5) is 0 Å². The summed E-state index contributed by atoms with van der Waals surface area (Å²) in [5, 5.41) is 8.99. The molecule has 0 amide bonds. The lowest BCUT2D eigenvalue weighted by Gasteiger charge is -2.23. The molecule has 1 aliphatic rings. The highest BCUT2D eigenvalue weighted by Crippen LogP contribution is 2.39. The van der Waals surface area contributed by atoms with E-state index >= 15 is 0 Å². The van der Waals surface area contributed by atoms with Crippen molar-refractivity contribution in [2.75, 3.05) is 11.5 Å². The molecular weight excluding hydrogens is 186 g/mol. The van der Waals surface area contributed by atoms with Crippen LogP contribution in [0.25, 0.3) is 0 Å². The van der Waals surface area contributed by atoms with Gasteiger partial charge in [0.15, 0.2) is 9.84 Å². The highest BCUT2D eigenvalue weighted by atomic mass is 32.2. The summed E-state index contributed by atoms with van der Waals surface area (Å²) in [6.45, 7) is 5.44. The monoisotopic (exact) mass is 199 g/mol. The molecule has 0 bridgehead atoms. The van der Waals surface area contributed by atoms with Crippen molar-refractivity contribution in [3.8, 4) is 6.07 Å². The highest BCUT2D eigenvalue weighted by molar-refractivity contribution is 7.91. The molecule has 1 aliphatic heterocycles. The van der Waals surface area contributed by atoms with Gasteiger partial charge in [-0.3, -0.25) is 0 Å². The van der Waals surface area contributed by atoms with Gasteiger partial charge >= 0.3 is 0 Å². The van der Waals surface area contributed by atoms with Crippen molar-refractivity contribution in [2.45, 2.75) is 13.3 Å². The van der Waals surface area contributed by atoms with Gasteiger partial charge in [-0.15, -0.1) is 6.58 Å². The minimum absolute atomic E-state index is 0.0102. The fourth-order valence-corrected chi connectivity index (χ4v) is 3.73. The second-order valence-corrected chi connectivity index (χ2v) is 5.82. The van der Waals surface area contributed by atoms with Gasteiger partial charge < -0.3 is 0 Å². The number of sulfone groups is 1. The molecule has 3 nitrogen and oxygen atoms in total. The Kier molecular flexibility index (Phi) is 2.49. The summed E-state index contributed by atoms with van der Waals surface area (Å²) in [7, 11) is -2.99. The number of allylic oxidation sites excluding steroid dienone is 1. The van der Waals surface area contributed by atoms with Gasteiger partial charge in [0.05, 0.1) is 23.0 Å². The molecule has 2 unspecified atom stereocenters. The molecule has 2 atom stereocenters. The van der Waals surface area contributed by atoms with E-state index in [9.17, 15) is 8.42 Å². The maximum absolute atomic E-state index is 11.2. The molecule has 1 heterocycles. The number of hydrogen-bond donors (Lipinski definition) is 0. The predicted molar refractivity (Wildman–Crippen MR) is 50.7 cm³/mol. The number of nitrogens with zero attached hydrogens (tertiary/aromatic N) is 1. The molecule has 0 aliphatic carbocycles. The molecule has 0 saturated carbocycles. The first-order valence-electron chi connectivity index (χ1n) is 4.20. The maximum atomic E-state index is 11.2. The Bertz CT molecular complexity index is 352.